The normalized spacial score (nSPS) is 21.9. The Morgan fingerprint density at radius 3 is 2.17 bits per heavy atom. The summed E-state index contributed by atoms with van der Waals surface area (Å²) in [6.45, 7) is 3.49. The summed E-state index contributed by atoms with van der Waals surface area (Å²) in [7, 11) is -1.05. The highest BCUT2D eigenvalue weighted by atomic mass is 32.2. The number of likely N-dealkylation sites (tertiary alicyclic amines) is 2. The first-order valence-electron chi connectivity index (χ1n) is 7.93. The lowest BCUT2D eigenvalue weighted by molar-refractivity contribution is -0.131. The predicted molar refractivity (Wildman–Crippen MR) is 88.0 cm³/mol. The van der Waals surface area contributed by atoms with E-state index < -0.39 is 9.84 Å². The number of carbonyl (C=O) groups excluding carboxylic acids is 1. The Bertz CT molecular complexity index is 498. The van der Waals surface area contributed by atoms with E-state index in [1.807, 2.05) is 0 Å². The molecule has 23 heavy (non-hydrogen) atoms. The van der Waals surface area contributed by atoms with Gasteiger partial charge in [-0.15, -0.1) is 0 Å². The van der Waals surface area contributed by atoms with E-state index in [0.717, 1.165) is 38.7 Å². The molecule has 1 spiro atoms. The quantitative estimate of drug-likeness (QED) is 0.728. The molecule has 2 aliphatic heterocycles. The Balaban J connectivity index is 0.000000816. The van der Waals surface area contributed by atoms with Crippen molar-refractivity contribution in [2.24, 2.45) is 5.41 Å². The highest BCUT2D eigenvalue weighted by Crippen LogP contribution is 2.41. The summed E-state index contributed by atoms with van der Waals surface area (Å²) >= 11 is 0. The molecule has 0 radical (unpaired) electrons. The number of carboxylic acid groups (broad SMARTS) is 1. The van der Waals surface area contributed by atoms with E-state index >= 15 is 0 Å². The average molecular weight is 348 g/mol. The molecule has 1 amide bonds. The van der Waals surface area contributed by atoms with Crippen molar-refractivity contribution in [2.75, 3.05) is 45.2 Å². The largest absolute Gasteiger partial charge is 0.483 e. The van der Waals surface area contributed by atoms with E-state index in [9.17, 15) is 13.2 Å². The van der Waals surface area contributed by atoms with Gasteiger partial charge in [0.05, 0.1) is 0 Å². The average Bonchev–Trinajstić information content (AvgIpc) is 2.61. The molecular weight excluding hydrogens is 320 g/mol. The topological polar surface area (TPSA) is 95.0 Å². The Morgan fingerprint density at radius 2 is 1.65 bits per heavy atom. The molecule has 2 fully saturated rings. The molecule has 2 saturated heterocycles. The molecule has 0 atom stereocenters. The minimum absolute atomic E-state index is 0.229. The van der Waals surface area contributed by atoms with Crippen LogP contribution in [0.5, 0.6) is 0 Å². The van der Waals surface area contributed by atoms with Gasteiger partial charge in [0.2, 0.25) is 5.91 Å². The number of piperidine rings is 1. The van der Waals surface area contributed by atoms with Crippen molar-refractivity contribution in [1.82, 2.24) is 9.80 Å². The molecule has 0 aromatic heterocycles. The van der Waals surface area contributed by atoms with Crippen LogP contribution in [0.4, 0.5) is 0 Å². The fourth-order valence-corrected chi connectivity index (χ4v) is 4.07. The van der Waals surface area contributed by atoms with Crippen molar-refractivity contribution in [3.8, 4) is 0 Å². The van der Waals surface area contributed by atoms with Crippen LogP contribution >= 0.6 is 0 Å². The number of sulfone groups is 1. The van der Waals surface area contributed by atoms with Crippen LogP contribution in [0.2, 0.25) is 0 Å². The molecule has 0 bridgehead atoms. The van der Waals surface area contributed by atoms with Gasteiger partial charge in [-0.3, -0.25) is 9.59 Å². The van der Waals surface area contributed by atoms with Gasteiger partial charge in [-0.1, -0.05) is 0 Å². The first-order valence-corrected chi connectivity index (χ1v) is 9.99. The standard InChI is InChI=1S/C14H26N2O3S.CH2O2/c1-15-8-3-4-14(5-9-15)6-10-16(11-7-14)13(17)12-20(2,18)19;2-1-3/h3-12H2,1-2H3;1H,(H,2,3). The van der Waals surface area contributed by atoms with Gasteiger partial charge in [0, 0.05) is 19.3 Å². The van der Waals surface area contributed by atoms with Crippen molar-refractivity contribution in [1.29, 1.82) is 0 Å². The van der Waals surface area contributed by atoms with E-state index in [0.29, 0.717) is 5.41 Å². The molecule has 7 nitrogen and oxygen atoms in total. The van der Waals surface area contributed by atoms with Crippen LogP contribution in [-0.4, -0.2) is 80.9 Å². The van der Waals surface area contributed by atoms with Crippen LogP contribution in [0, 0.1) is 5.41 Å². The lowest BCUT2D eigenvalue weighted by Crippen LogP contribution is -2.45. The summed E-state index contributed by atoms with van der Waals surface area (Å²) in [5, 5.41) is 6.89. The second-order valence-electron chi connectivity index (χ2n) is 6.71. The summed E-state index contributed by atoms with van der Waals surface area (Å²) in [5.74, 6) is -0.573. The van der Waals surface area contributed by atoms with Crippen LogP contribution in [0.15, 0.2) is 0 Å². The molecule has 2 aliphatic rings. The highest BCUT2D eigenvalue weighted by molar-refractivity contribution is 7.91. The van der Waals surface area contributed by atoms with Gasteiger partial charge in [0.1, 0.15) is 5.75 Å². The van der Waals surface area contributed by atoms with E-state index in [2.05, 4.69) is 11.9 Å². The van der Waals surface area contributed by atoms with Gasteiger partial charge >= 0.3 is 0 Å². The number of amides is 1. The van der Waals surface area contributed by atoms with Crippen molar-refractivity contribution < 1.29 is 23.1 Å². The van der Waals surface area contributed by atoms with Gasteiger partial charge < -0.3 is 14.9 Å². The molecule has 0 aromatic rings. The summed E-state index contributed by atoms with van der Waals surface area (Å²) < 4.78 is 22.4. The lowest BCUT2D eigenvalue weighted by atomic mass is 9.73. The molecule has 1 N–H and O–H groups in total. The zero-order valence-electron chi connectivity index (χ0n) is 14.0. The van der Waals surface area contributed by atoms with Crippen molar-refractivity contribution in [3.05, 3.63) is 0 Å². The fraction of sp³-hybridized carbons (Fsp3) is 0.867. The maximum absolute atomic E-state index is 11.9. The third-order valence-corrected chi connectivity index (χ3v) is 5.60. The minimum atomic E-state index is -3.22. The molecule has 8 heteroatoms. The zero-order chi connectivity index (χ0) is 17.5. The van der Waals surface area contributed by atoms with Crippen LogP contribution in [0.25, 0.3) is 0 Å². The molecule has 0 aliphatic carbocycles. The smallest absolute Gasteiger partial charge is 0.290 e. The maximum atomic E-state index is 11.9. The van der Waals surface area contributed by atoms with Gasteiger partial charge in [0.25, 0.3) is 6.47 Å². The molecule has 0 unspecified atom stereocenters. The summed E-state index contributed by atoms with van der Waals surface area (Å²) in [6, 6.07) is 0. The van der Waals surface area contributed by atoms with Gasteiger partial charge in [-0.2, -0.15) is 0 Å². The van der Waals surface area contributed by atoms with E-state index in [-0.39, 0.29) is 18.1 Å². The number of nitrogens with zero attached hydrogens (tertiary/aromatic N) is 2. The monoisotopic (exact) mass is 348 g/mol. The first kappa shape index (κ1) is 19.9. The molecule has 134 valence electrons. The number of hydrogen-bond donors (Lipinski definition) is 1. The van der Waals surface area contributed by atoms with Crippen LogP contribution in [0.3, 0.4) is 0 Å². The summed E-state index contributed by atoms with van der Waals surface area (Å²) in [4.78, 5) is 24.4. The van der Waals surface area contributed by atoms with E-state index in [1.54, 1.807) is 4.90 Å². The molecular formula is C15H28N2O5S. The van der Waals surface area contributed by atoms with Crippen molar-refractivity contribution >= 4 is 22.2 Å². The second-order valence-corrected chi connectivity index (χ2v) is 8.85. The van der Waals surface area contributed by atoms with Crippen LogP contribution in [-0.2, 0) is 19.4 Å². The van der Waals surface area contributed by atoms with E-state index in [1.165, 1.54) is 25.8 Å². The Kier molecular flexibility index (Phi) is 7.47. The third-order valence-electron chi connectivity index (χ3n) is 4.83. The Morgan fingerprint density at radius 1 is 1.13 bits per heavy atom. The van der Waals surface area contributed by atoms with Crippen LogP contribution in [0.1, 0.15) is 32.1 Å². The number of rotatable bonds is 2. The molecule has 2 rings (SSSR count). The lowest BCUT2D eigenvalue weighted by Gasteiger charge is -2.41. The summed E-state index contributed by atoms with van der Waals surface area (Å²) in [6.07, 6.45) is 6.85. The molecule has 0 aromatic carbocycles. The predicted octanol–water partition coefficient (Wildman–Crippen LogP) is 0.456. The fourth-order valence-electron chi connectivity index (χ4n) is 3.43. The minimum Gasteiger partial charge on any atom is -0.483 e. The molecule has 0 saturated carbocycles. The molecule has 2 heterocycles. The number of carbonyl (C=O) groups is 2. The maximum Gasteiger partial charge on any atom is 0.290 e. The zero-order valence-corrected chi connectivity index (χ0v) is 14.8. The highest BCUT2D eigenvalue weighted by Gasteiger charge is 2.36. The van der Waals surface area contributed by atoms with Gasteiger partial charge in [0.15, 0.2) is 9.84 Å². The number of hydrogen-bond acceptors (Lipinski definition) is 5. The van der Waals surface area contributed by atoms with Crippen LogP contribution < -0.4 is 0 Å². The third kappa shape index (κ3) is 6.87. The van der Waals surface area contributed by atoms with Crippen molar-refractivity contribution in [3.63, 3.8) is 0 Å². The van der Waals surface area contributed by atoms with E-state index in [4.69, 9.17) is 9.90 Å². The van der Waals surface area contributed by atoms with Gasteiger partial charge in [-0.25, -0.2) is 8.42 Å². The Labute approximate surface area is 138 Å². The SMILES string of the molecule is CN1CCCC2(CC1)CCN(C(=O)CS(C)(=O)=O)CC2.O=CO. The van der Waals surface area contributed by atoms with Crippen molar-refractivity contribution in [2.45, 2.75) is 32.1 Å². The summed E-state index contributed by atoms with van der Waals surface area (Å²) in [5.41, 5.74) is 0.382. The first-order chi connectivity index (χ1) is 10.7. The second kappa shape index (κ2) is 8.63. The Hall–Kier alpha value is -1.15. The van der Waals surface area contributed by atoms with Gasteiger partial charge in [-0.05, 0) is 57.7 Å².